The summed E-state index contributed by atoms with van der Waals surface area (Å²) in [5.74, 6) is 0.560. The molecule has 0 aliphatic carbocycles. The first-order valence-corrected chi connectivity index (χ1v) is 5.39. The van der Waals surface area contributed by atoms with E-state index in [1.54, 1.807) is 18.2 Å². The molecule has 3 nitrogen and oxygen atoms in total. The third-order valence-corrected chi connectivity index (χ3v) is 2.01. The molecule has 1 unspecified atom stereocenters. The van der Waals surface area contributed by atoms with Gasteiger partial charge in [0.05, 0.1) is 6.61 Å². The molecule has 0 saturated heterocycles. The van der Waals surface area contributed by atoms with Crippen LogP contribution >= 0.6 is 0 Å². The Hall–Kier alpha value is -1.27. The van der Waals surface area contributed by atoms with Crippen LogP contribution in [-0.2, 0) is 4.74 Å². The minimum absolute atomic E-state index is 0.110. The molecule has 0 aromatic heterocycles. The van der Waals surface area contributed by atoms with E-state index in [0.29, 0.717) is 5.75 Å². The van der Waals surface area contributed by atoms with Crippen molar-refractivity contribution in [2.75, 3.05) is 19.8 Å². The van der Waals surface area contributed by atoms with E-state index < -0.39 is 25.5 Å². The van der Waals surface area contributed by atoms with Gasteiger partial charge < -0.3 is 14.6 Å². The molecule has 6 heteroatoms. The number of hydrogen-bond acceptors (Lipinski definition) is 3. The summed E-state index contributed by atoms with van der Waals surface area (Å²) in [6.07, 6.45) is -5.47. The molecule has 18 heavy (non-hydrogen) atoms. The summed E-state index contributed by atoms with van der Waals surface area (Å²) in [7, 11) is 0. The van der Waals surface area contributed by atoms with Crippen molar-refractivity contribution in [3.8, 4) is 5.75 Å². The number of aliphatic hydroxyl groups is 1. The van der Waals surface area contributed by atoms with Gasteiger partial charge in [-0.1, -0.05) is 12.1 Å². The summed E-state index contributed by atoms with van der Waals surface area (Å²) in [4.78, 5) is 0. The van der Waals surface area contributed by atoms with Gasteiger partial charge in [-0.05, 0) is 24.6 Å². The maximum atomic E-state index is 11.8. The number of benzene rings is 1. The highest BCUT2D eigenvalue weighted by atomic mass is 19.4. The molecule has 1 atom stereocenters. The Kier molecular flexibility index (Phi) is 5.43. The second kappa shape index (κ2) is 6.61. The summed E-state index contributed by atoms with van der Waals surface area (Å²) in [5.41, 5.74) is 0.996. The van der Waals surface area contributed by atoms with E-state index in [4.69, 9.17) is 4.74 Å². The van der Waals surface area contributed by atoms with Crippen molar-refractivity contribution in [3.63, 3.8) is 0 Å². The summed E-state index contributed by atoms with van der Waals surface area (Å²) in [6.45, 7) is -0.00310. The Bertz CT molecular complexity index is 366. The third kappa shape index (κ3) is 6.46. The van der Waals surface area contributed by atoms with Gasteiger partial charge in [-0.15, -0.1) is 0 Å². The molecule has 102 valence electrons. The molecule has 0 heterocycles. The lowest BCUT2D eigenvalue weighted by Gasteiger charge is -2.14. The van der Waals surface area contributed by atoms with Crippen molar-refractivity contribution in [2.24, 2.45) is 0 Å². The maximum Gasteiger partial charge on any atom is 0.411 e. The van der Waals surface area contributed by atoms with E-state index in [9.17, 15) is 18.3 Å². The molecule has 0 spiro atoms. The van der Waals surface area contributed by atoms with Gasteiger partial charge >= 0.3 is 6.18 Å². The van der Waals surface area contributed by atoms with E-state index in [0.717, 1.165) is 5.56 Å². The molecule has 0 fully saturated rings. The highest BCUT2D eigenvalue weighted by Gasteiger charge is 2.27. The second-order valence-corrected chi connectivity index (χ2v) is 3.91. The van der Waals surface area contributed by atoms with Crippen LogP contribution in [0, 0.1) is 6.92 Å². The SMILES string of the molecule is Cc1cccc(OCC(O)COCC(F)(F)F)c1. The van der Waals surface area contributed by atoms with E-state index in [-0.39, 0.29) is 6.61 Å². The number of aliphatic hydroxyl groups excluding tert-OH is 1. The molecule has 1 aromatic rings. The van der Waals surface area contributed by atoms with Crippen LogP contribution in [0.5, 0.6) is 5.75 Å². The van der Waals surface area contributed by atoms with Crippen molar-refractivity contribution in [1.82, 2.24) is 0 Å². The molecule has 0 aliphatic rings. The predicted octanol–water partition coefficient (Wildman–Crippen LogP) is 2.31. The second-order valence-electron chi connectivity index (χ2n) is 3.91. The Morgan fingerprint density at radius 2 is 2.00 bits per heavy atom. The van der Waals surface area contributed by atoms with Crippen molar-refractivity contribution in [3.05, 3.63) is 29.8 Å². The summed E-state index contributed by atoms with van der Waals surface area (Å²) in [5, 5.41) is 9.36. The smallest absolute Gasteiger partial charge is 0.411 e. The van der Waals surface area contributed by atoms with Gasteiger partial charge in [0.15, 0.2) is 0 Å². The fraction of sp³-hybridized carbons (Fsp3) is 0.500. The number of hydrogen-bond donors (Lipinski definition) is 1. The van der Waals surface area contributed by atoms with Gasteiger partial charge in [0.2, 0.25) is 0 Å². The molecule has 1 N–H and O–H groups in total. The highest BCUT2D eigenvalue weighted by Crippen LogP contribution is 2.15. The van der Waals surface area contributed by atoms with Crippen LogP contribution in [-0.4, -0.2) is 37.2 Å². The fourth-order valence-electron chi connectivity index (χ4n) is 1.26. The predicted molar refractivity (Wildman–Crippen MR) is 59.6 cm³/mol. The number of alkyl halides is 3. The molecule has 1 aromatic carbocycles. The normalized spacial score (nSPS) is 13.4. The largest absolute Gasteiger partial charge is 0.491 e. The topological polar surface area (TPSA) is 38.7 Å². The molecule has 0 amide bonds. The molecular formula is C12H15F3O3. The van der Waals surface area contributed by atoms with Crippen molar-refractivity contribution in [2.45, 2.75) is 19.2 Å². The van der Waals surface area contributed by atoms with Crippen LogP contribution in [0.4, 0.5) is 13.2 Å². The van der Waals surface area contributed by atoms with Crippen molar-refractivity contribution >= 4 is 0 Å². The van der Waals surface area contributed by atoms with Gasteiger partial charge in [-0.3, -0.25) is 0 Å². The molecule has 0 bridgehead atoms. The number of rotatable bonds is 6. The quantitative estimate of drug-likeness (QED) is 0.857. The summed E-state index contributed by atoms with van der Waals surface area (Å²) in [6, 6.07) is 7.15. The highest BCUT2D eigenvalue weighted by molar-refractivity contribution is 5.27. The van der Waals surface area contributed by atoms with E-state index >= 15 is 0 Å². The number of aryl methyl sites for hydroxylation is 1. The summed E-state index contributed by atoms with van der Waals surface area (Å²) >= 11 is 0. The van der Waals surface area contributed by atoms with E-state index in [2.05, 4.69) is 4.74 Å². The van der Waals surface area contributed by atoms with E-state index in [1.807, 2.05) is 13.0 Å². The average molecular weight is 264 g/mol. The average Bonchev–Trinajstić information content (AvgIpc) is 2.25. The number of ether oxygens (including phenoxy) is 2. The Morgan fingerprint density at radius 3 is 2.61 bits per heavy atom. The van der Waals surface area contributed by atoms with Crippen LogP contribution in [0.25, 0.3) is 0 Å². The van der Waals surface area contributed by atoms with Gasteiger partial charge in [0.1, 0.15) is 25.1 Å². The third-order valence-electron chi connectivity index (χ3n) is 2.01. The van der Waals surface area contributed by atoms with Crippen molar-refractivity contribution in [1.29, 1.82) is 0 Å². The Labute approximate surface area is 103 Å². The monoisotopic (exact) mass is 264 g/mol. The first-order valence-electron chi connectivity index (χ1n) is 5.39. The lowest BCUT2D eigenvalue weighted by atomic mass is 10.2. The molecule has 0 aliphatic heterocycles. The number of halogens is 3. The molecular weight excluding hydrogens is 249 g/mol. The Morgan fingerprint density at radius 1 is 1.28 bits per heavy atom. The minimum atomic E-state index is -4.38. The zero-order chi connectivity index (χ0) is 13.6. The first kappa shape index (κ1) is 14.8. The molecule has 0 radical (unpaired) electrons. The van der Waals surface area contributed by atoms with Crippen LogP contribution < -0.4 is 4.74 Å². The Balaban J connectivity index is 2.23. The molecule has 1 rings (SSSR count). The maximum absolute atomic E-state index is 11.8. The summed E-state index contributed by atoms with van der Waals surface area (Å²) < 4.78 is 44.8. The van der Waals surface area contributed by atoms with Crippen molar-refractivity contribution < 1.29 is 27.8 Å². The lowest BCUT2D eigenvalue weighted by molar-refractivity contribution is -0.179. The van der Waals surface area contributed by atoms with Crippen LogP contribution in [0.2, 0.25) is 0 Å². The van der Waals surface area contributed by atoms with Gasteiger partial charge in [-0.2, -0.15) is 13.2 Å². The molecule has 0 saturated carbocycles. The van der Waals surface area contributed by atoms with Crippen LogP contribution in [0.15, 0.2) is 24.3 Å². The first-order chi connectivity index (χ1) is 8.37. The van der Waals surface area contributed by atoms with Gasteiger partial charge in [0, 0.05) is 0 Å². The van der Waals surface area contributed by atoms with Crippen LogP contribution in [0.1, 0.15) is 5.56 Å². The fourth-order valence-corrected chi connectivity index (χ4v) is 1.26. The minimum Gasteiger partial charge on any atom is -0.491 e. The zero-order valence-corrected chi connectivity index (χ0v) is 9.91. The van der Waals surface area contributed by atoms with E-state index in [1.165, 1.54) is 0 Å². The van der Waals surface area contributed by atoms with Gasteiger partial charge in [0.25, 0.3) is 0 Å². The van der Waals surface area contributed by atoms with Gasteiger partial charge in [-0.25, -0.2) is 0 Å². The standard InChI is InChI=1S/C12H15F3O3/c1-9-3-2-4-11(5-9)18-7-10(16)6-17-8-12(13,14)15/h2-5,10,16H,6-8H2,1H3. The van der Waals surface area contributed by atoms with Crippen LogP contribution in [0.3, 0.4) is 0 Å². The lowest BCUT2D eigenvalue weighted by Crippen LogP contribution is -2.27. The zero-order valence-electron chi connectivity index (χ0n) is 9.91.